The lowest BCUT2D eigenvalue weighted by molar-refractivity contribution is 1.41. The smallest absolute Gasteiger partial charge is 0.0902 e. The van der Waals surface area contributed by atoms with Crippen molar-refractivity contribution in [2.75, 3.05) is 6.26 Å². The summed E-state index contributed by atoms with van der Waals surface area (Å²) in [4.78, 5) is 1.16. The van der Waals surface area contributed by atoms with Gasteiger partial charge in [-0.05, 0) is 40.0 Å². The summed E-state index contributed by atoms with van der Waals surface area (Å²) >= 11 is 1.73. The molecule has 0 fully saturated rings. The maximum absolute atomic E-state index is 5.17. The molecule has 0 saturated heterocycles. The number of thiophene rings is 1. The Kier molecular flexibility index (Phi) is 4.38. The summed E-state index contributed by atoms with van der Waals surface area (Å²) in [5.41, 5.74) is 1.99. The van der Waals surface area contributed by atoms with Gasteiger partial charge in [0.2, 0.25) is 0 Å². The number of benzene rings is 3. The third-order valence-electron chi connectivity index (χ3n) is 3.97. The Morgan fingerprint density at radius 1 is 0.720 bits per heavy atom. The summed E-state index contributed by atoms with van der Waals surface area (Å²) in [6, 6.07) is 28.9. The molecule has 0 saturated carbocycles. The summed E-state index contributed by atoms with van der Waals surface area (Å²) in [5.74, 6) is 0. The number of hydrogen-bond acceptors (Lipinski definition) is 3. The van der Waals surface area contributed by atoms with E-state index in [1.165, 1.54) is 10.1 Å². The first-order chi connectivity index (χ1) is 12.2. The summed E-state index contributed by atoms with van der Waals surface area (Å²) in [7, 11) is -1.73. The Balaban J connectivity index is 2.00. The maximum Gasteiger partial charge on any atom is 0.0902 e. The maximum atomic E-state index is 5.17. The average molecular weight is 363 g/mol. The highest BCUT2D eigenvalue weighted by molar-refractivity contribution is 7.95. The van der Waals surface area contributed by atoms with E-state index in [4.69, 9.17) is 8.73 Å². The Morgan fingerprint density at radius 3 is 2.12 bits per heavy atom. The largest absolute Gasteiger partial charge is 0.213 e. The molecule has 1 aromatic heterocycles. The minimum absolute atomic E-state index is 0.965. The van der Waals surface area contributed by atoms with Crippen molar-refractivity contribution in [3.63, 3.8) is 0 Å². The third-order valence-corrected chi connectivity index (χ3v) is 7.20. The van der Waals surface area contributed by atoms with E-state index in [1.807, 2.05) is 36.4 Å². The zero-order valence-corrected chi connectivity index (χ0v) is 15.5. The first-order valence-corrected chi connectivity index (χ1v) is 10.9. The average Bonchev–Trinajstić information content (AvgIpc) is 3.06. The molecule has 4 aromatic rings. The summed E-state index contributed by atoms with van der Waals surface area (Å²) in [6.45, 7) is 0. The van der Waals surface area contributed by atoms with Crippen LogP contribution in [0.25, 0.3) is 10.1 Å². The van der Waals surface area contributed by atoms with Gasteiger partial charge < -0.3 is 0 Å². The van der Waals surface area contributed by atoms with E-state index in [1.54, 1.807) is 11.3 Å². The molecule has 0 amide bonds. The van der Waals surface area contributed by atoms with Crippen molar-refractivity contribution in [1.29, 1.82) is 0 Å². The van der Waals surface area contributed by atoms with Crippen LogP contribution in [0.3, 0.4) is 0 Å². The highest BCUT2D eigenvalue weighted by Gasteiger charge is 2.08. The van der Waals surface area contributed by atoms with E-state index >= 15 is 0 Å². The van der Waals surface area contributed by atoms with Crippen LogP contribution in [-0.2, 0) is 9.62 Å². The summed E-state index contributed by atoms with van der Waals surface area (Å²) < 4.78 is 11.5. The van der Waals surface area contributed by atoms with Crippen molar-refractivity contribution in [1.82, 2.24) is 0 Å². The first-order valence-electron chi connectivity index (χ1n) is 8.05. The number of rotatable bonds is 3. The van der Waals surface area contributed by atoms with Gasteiger partial charge in [-0.25, -0.2) is 8.73 Å². The fourth-order valence-corrected chi connectivity index (χ4v) is 5.66. The molecular formula is C21H18N2S2. The van der Waals surface area contributed by atoms with Gasteiger partial charge in [-0.2, -0.15) is 0 Å². The first kappa shape index (κ1) is 16.1. The fourth-order valence-electron chi connectivity index (χ4n) is 2.72. The molecule has 1 heterocycles. The van der Waals surface area contributed by atoms with Gasteiger partial charge in [-0.3, -0.25) is 0 Å². The second-order valence-corrected chi connectivity index (χ2v) is 9.20. The molecule has 0 radical (unpaired) electrons. The van der Waals surface area contributed by atoms with E-state index in [2.05, 4.69) is 60.2 Å². The van der Waals surface area contributed by atoms with Crippen molar-refractivity contribution in [2.45, 2.75) is 4.90 Å². The van der Waals surface area contributed by atoms with Crippen molar-refractivity contribution in [2.24, 2.45) is 8.73 Å². The standard InChI is InChI=1S/C21H18N2S2/c1-25(18-12-6-3-7-13-18,22-17-10-4-2-5-11-17)23-20-16-24-21-15-9-8-14-19(20)21/h2-16H,1H3. The molecule has 1 unspecified atom stereocenters. The number of fused-ring (bicyclic) bond motifs is 1. The Hall–Kier alpha value is -2.43. The zero-order chi connectivity index (χ0) is 17.1. The van der Waals surface area contributed by atoms with E-state index < -0.39 is 9.62 Å². The van der Waals surface area contributed by atoms with Crippen LogP contribution in [0.2, 0.25) is 0 Å². The van der Waals surface area contributed by atoms with Crippen LogP contribution in [0.4, 0.5) is 11.4 Å². The van der Waals surface area contributed by atoms with Crippen LogP contribution in [0, 0.1) is 0 Å². The fraction of sp³-hybridized carbons (Fsp3) is 0.0476. The van der Waals surface area contributed by atoms with Crippen molar-refractivity contribution < 1.29 is 0 Å². The van der Waals surface area contributed by atoms with Gasteiger partial charge >= 0.3 is 0 Å². The summed E-state index contributed by atoms with van der Waals surface area (Å²) in [5, 5.41) is 3.34. The molecule has 3 aromatic carbocycles. The van der Waals surface area contributed by atoms with Gasteiger partial charge in [-0.15, -0.1) is 11.3 Å². The SMILES string of the molecule is CS(=Nc1ccccc1)(=Nc1csc2ccccc12)c1ccccc1. The molecule has 124 valence electrons. The van der Waals surface area contributed by atoms with Gasteiger partial charge in [0.25, 0.3) is 0 Å². The Bertz CT molecular complexity index is 1120. The van der Waals surface area contributed by atoms with Gasteiger partial charge in [0.1, 0.15) is 0 Å². The van der Waals surface area contributed by atoms with Crippen molar-refractivity contribution in [3.05, 3.63) is 90.3 Å². The van der Waals surface area contributed by atoms with E-state index in [9.17, 15) is 0 Å². The predicted octanol–water partition coefficient (Wildman–Crippen LogP) is 7.07. The van der Waals surface area contributed by atoms with E-state index in [0.717, 1.165) is 16.3 Å². The van der Waals surface area contributed by atoms with Gasteiger partial charge in [-0.1, -0.05) is 54.6 Å². The molecule has 0 aliphatic rings. The van der Waals surface area contributed by atoms with Gasteiger partial charge in [0.15, 0.2) is 0 Å². The molecule has 0 aliphatic carbocycles. The molecule has 0 bridgehead atoms. The number of nitrogens with zero attached hydrogens (tertiary/aromatic N) is 2. The van der Waals surface area contributed by atoms with Crippen LogP contribution in [-0.4, -0.2) is 6.26 Å². The monoisotopic (exact) mass is 362 g/mol. The van der Waals surface area contributed by atoms with Crippen LogP contribution < -0.4 is 0 Å². The predicted molar refractivity (Wildman–Crippen MR) is 110 cm³/mol. The Morgan fingerprint density at radius 2 is 1.36 bits per heavy atom. The summed E-state index contributed by atoms with van der Waals surface area (Å²) in [6.07, 6.45) is 2.15. The van der Waals surface area contributed by atoms with E-state index in [0.29, 0.717) is 0 Å². The molecule has 0 aliphatic heterocycles. The highest BCUT2D eigenvalue weighted by Crippen LogP contribution is 2.35. The van der Waals surface area contributed by atoms with Crippen LogP contribution in [0.1, 0.15) is 0 Å². The minimum atomic E-state index is -1.73. The molecule has 0 N–H and O–H groups in total. The normalized spacial score (nSPS) is 13.3. The van der Waals surface area contributed by atoms with Crippen LogP contribution >= 0.6 is 11.3 Å². The minimum Gasteiger partial charge on any atom is -0.213 e. The lowest BCUT2D eigenvalue weighted by atomic mass is 10.2. The molecule has 25 heavy (non-hydrogen) atoms. The quantitative estimate of drug-likeness (QED) is 0.372. The van der Waals surface area contributed by atoms with Crippen LogP contribution in [0.15, 0.2) is 104 Å². The number of hydrogen-bond donors (Lipinski definition) is 0. The second-order valence-electron chi connectivity index (χ2n) is 5.78. The second kappa shape index (κ2) is 6.82. The molecule has 2 nitrogen and oxygen atoms in total. The Labute approximate surface area is 152 Å². The molecule has 4 heteroatoms. The van der Waals surface area contributed by atoms with E-state index in [-0.39, 0.29) is 0 Å². The molecular weight excluding hydrogens is 344 g/mol. The van der Waals surface area contributed by atoms with Crippen molar-refractivity contribution >= 4 is 42.4 Å². The zero-order valence-electron chi connectivity index (χ0n) is 13.9. The van der Waals surface area contributed by atoms with Crippen molar-refractivity contribution in [3.8, 4) is 0 Å². The van der Waals surface area contributed by atoms with Crippen LogP contribution in [0.5, 0.6) is 0 Å². The third kappa shape index (κ3) is 3.36. The molecule has 0 spiro atoms. The van der Waals surface area contributed by atoms with Gasteiger partial charge in [0.05, 0.1) is 11.4 Å². The topological polar surface area (TPSA) is 24.7 Å². The molecule has 1 atom stereocenters. The highest BCUT2D eigenvalue weighted by atomic mass is 32.2. The lowest BCUT2D eigenvalue weighted by Gasteiger charge is -2.11. The lowest BCUT2D eigenvalue weighted by Crippen LogP contribution is -1.96. The van der Waals surface area contributed by atoms with Gasteiger partial charge in [0, 0.05) is 26.6 Å². The molecule has 4 rings (SSSR count).